The number of fused-ring (bicyclic) bond motifs is 4. The highest BCUT2D eigenvalue weighted by atomic mass is 15.2. The average Bonchev–Trinajstić information content (AvgIpc) is 3.05. The van der Waals surface area contributed by atoms with Crippen molar-refractivity contribution in [3.63, 3.8) is 0 Å². The standard InChI is InChI=1S/C33H36N2/c1-32(2,30-25-15-9-7-13-23(25)18-20-27(30)34-5)22-12-11-17-29-33(3,4)31-26-16-10-8-14-24(26)19-21-28(31)35(29)6/h7-21,34H,22H2,1-6H3/b12-11+,29-17+. The molecule has 1 N–H and O–H groups in total. The van der Waals surface area contributed by atoms with Crippen LogP contribution in [0.5, 0.6) is 0 Å². The molecule has 0 unspecified atom stereocenters. The third-order valence-corrected chi connectivity index (χ3v) is 7.79. The predicted octanol–water partition coefficient (Wildman–Crippen LogP) is 8.57. The first-order chi connectivity index (χ1) is 16.8. The van der Waals surface area contributed by atoms with Gasteiger partial charge in [-0.25, -0.2) is 0 Å². The fourth-order valence-corrected chi connectivity index (χ4v) is 6.03. The maximum atomic E-state index is 3.43. The van der Waals surface area contributed by atoms with Gasteiger partial charge < -0.3 is 10.2 Å². The lowest BCUT2D eigenvalue weighted by Gasteiger charge is -2.28. The fourth-order valence-electron chi connectivity index (χ4n) is 6.03. The van der Waals surface area contributed by atoms with Gasteiger partial charge in [-0.05, 0) is 62.7 Å². The summed E-state index contributed by atoms with van der Waals surface area (Å²) in [7, 11) is 4.21. The molecule has 0 saturated heterocycles. The molecular weight excluding hydrogens is 424 g/mol. The van der Waals surface area contributed by atoms with E-state index >= 15 is 0 Å². The van der Waals surface area contributed by atoms with Gasteiger partial charge in [-0.1, -0.05) is 101 Å². The topological polar surface area (TPSA) is 15.3 Å². The van der Waals surface area contributed by atoms with Crippen molar-refractivity contribution >= 4 is 32.9 Å². The molecule has 0 fully saturated rings. The van der Waals surface area contributed by atoms with Gasteiger partial charge in [0.25, 0.3) is 0 Å². The minimum absolute atomic E-state index is 0.00945. The number of allylic oxidation sites excluding steroid dienone is 4. The Kier molecular flexibility index (Phi) is 5.71. The van der Waals surface area contributed by atoms with E-state index in [-0.39, 0.29) is 10.8 Å². The van der Waals surface area contributed by atoms with E-state index in [0.717, 1.165) is 6.42 Å². The van der Waals surface area contributed by atoms with Crippen molar-refractivity contribution in [2.24, 2.45) is 0 Å². The van der Waals surface area contributed by atoms with Crippen LogP contribution < -0.4 is 10.2 Å². The Morgan fingerprint density at radius 3 is 2.20 bits per heavy atom. The molecule has 0 aromatic heterocycles. The Balaban J connectivity index is 1.46. The molecule has 0 radical (unpaired) electrons. The zero-order chi connectivity index (χ0) is 24.8. The van der Waals surface area contributed by atoms with E-state index in [9.17, 15) is 0 Å². The van der Waals surface area contributed by atoms with Gasteiger partial charge in [-0.3, -0.25) is 0 Å². The van der Waals surface area contributed by atoms with Gasteiger partial charge in [0, 0.05) is 36.6 Å². The molecule has 2 nitrogen and oxygen atoms in total. The monoisotopic (exact) mass is 460 g/mol. The number of benzene rings is 4. The second-order valence-corrected chi connectivity index (χ2v) is 10.9. The third-order valence-electron chi connectivity index (χ3n) is 7.79. The Bertz CT molecular complexity index is 1470. The molecule has 0 atom stereocenters. The van der Waals surface area contributed by atoms with Crippen LogP contribution in [0.1, 0.15) is 45.2 Å². The first-order valence-corrected chi connectivity index (χ1v) is 12.6. The van der Waals surface area contributed by atoms with Crippen LogP contribution >= 0.6 is 0 Å². The lowest BCUT2D eigenvalue weighted by molar-refractivity contribution is 0.540. The van der Waals surface area contributed by atoms with Gasteiger partial charge in [-0.2, -0.15) is 0 Å². The van der Waals surface area contributed by atoms with Crippen LogP contribution in [0.2, 0.25) is 0 Å². The zero-order valence-corrected chi connectivity index (χ0v) is 21.8. The van der Waals surface area contributed by atoms with Crippen LogP contribution in [0, 0.1) is 0 Å². The smallest absolute Gasteiger partial charge is 0.0454 e. The molecule has 0 aliphatic carbocycles. The molecule has 0 saturated carbocycles. The third kappa shape index (κ3) is 3.82. The molecule has 4 aromatic rings. The SMILES string of the molecule is CNc1ccc2ccccc2c1C(C)(C)C/C=C/C=C1/N(C)c2ccc3ccccc3c2C1(C)C. The summed E-state index contributed by atoms with van der Waals surface area (Å²) in [6.07, 6.45) is 7.86. The van der Waals surface area contributed by atoms with Crippen LogP contribution in [0.15, 0.2) is 96.7 Å². The molecule has 0 spiro atoms. The highest BCUT2D eigenvalue weighted by molar-refractivity contribution is 5.95. The van der Waals surface area contributed by atoms with E-state index in [1.807, 2.05) is 7.05 Å². The Labute approximate surface area is 210 Å². The Morgan fingerprint density at radius 2 is 1.49 bits per heavy atom. The molecule has 178 valence electrons. The van der Waals surface area contributed by atoms with E-state index in [1.54, 1.807) is 0 Å². The normalized spacial score (nSPS) is 16.5. The minimum atomic E-state index is -0.0558. The number of hydrogen-bond acceptors (Lipinski definition) is 2. The summed E-state index contributed by atoms with van der Waals surface area (Å²) in [4.78, 5) is 2.36. The van der Waals surface area contributed by atoms with Gasteiger partial charge >= 0.3 is 0 Å². The summed E-state index contributed by atoms with van der Waals surface area (Å²) in [5, 5.41) is 8.71. The first kappa shape index (κ1) is 23.2. The Morgan fingerprint density at radius 1 is 0.857 bits per heavy atom. The summed E-state index contributed by atoms with van der Waals surface area (Å²) < 4.78 is 0. The molecule has 0 amide bonds. The molecule has 0 bridgehead atoms. The number of nitrogens with zero attached hydrogens (tertiary/aromatic N) is 1. The molecule has 1 aliphatic heterocycles. The van der Waals surface area contributed by atoms with E-state index in [1.165, 1.54) is 49.7 Å². The highest BCUT2D eigenvalue weighted by Crippen LogP contribution is 2.50. The molecule has 5 rings (SSSR count). The first-order valence-electron chi connectivity index (χ1n) is 12.6. The Hall–Kier alpha value is -3.52. The van der Waals surface area contributed by atoms with Crippen molar-refractivity contribution < 1.29 is 0 Å². The van der Waals surface area contributed by atoms with Crippen LogP contribution in [0.4, 0.5) is 11.4 Å². The molecule has 35 heavy (non-hydrogen) atoms. The average molecular weight is 461 g/mol. The van der Waals surface area contributed by atoms with Crippen LogP contribution in [-0.4, -0.2) is 14.1 Å². The number of rotatable bonds is 5. The van der Waals surface area contributed by atoms with Crippen molar-refractivity contribution in [2.75, 3.05) is 24.3 Å². The molecule has 1 aliphatic rings. The van der Waals surface area contributed by atoms with Crippen LogP contribution in [0.25, 0.3) is 21.5 Å². The van der Waals surface area contributed by atoms with Crippen LogP contribution in [0.3, 0.4) is 0 Å². The fraction of sp³-hybridized carbons (Fsp3) is 0.273. The van der Waals surface area contributed by atoms with E-state index < -0.39 is 0 Å². The lowest BCUT2D eigenvalue weighted by Crippen LogP contribution is -2.22. The second-order valence-electron chi connectivity index (χ2n) is 10.9. The molecule has 2 heteroatoms. The van der Waals surface area contributed by atoms with Crippen LogP contribution in [-0.2, 0) is 10.8 Å². The number of nitrogens with one attached hydrogen (secondary N) is 1. The minimum Gasteiger partial charge on any atom is -0.388 e. The zero-order valence-electron chi connectivity index (χ0n) is 21.8. The number of likely N-dealkylation sites (N-methyl/N-ethyl adjacent to an activating group) is 1. The van der Waals surface area contributed by atoms with Gasteiger partial charge in [-0.15, -0.1) is 0 Å². The summed E-state index contributed by atoms with van der Waals surface area (Å²) in [5.74, 6) is 0. The lowest BCUT2D eigenvalue weighted by atomic mass is 9.78. The maximum absolute atomic E-state index is 3.43. The van der Waals surface area contributed by atoms with E-state index in [0.29, 0.717) is 0 Å². The maximum Gasteiger partial charge on any atom is 0.0454 e. The predicted molar refractivity (Wildman–Crippen MR) is 154 cm³/mol. The summed E-state index contributed by atoms with van der Waals surface area (Å²) in [6.45, 7) is 9.39. The van der Waals surface area contributed by atoms with Gasteiger partial charge in [0.05, 0.1) is 0 Å². The van der Waals surface area contributed by atoms with Crippen molar-refractivity contribution in [1.29, 1.82) is 0 Å². The number of hydrogen-bond donors (Lipinski definition) is 1. The summed E-state index contributed by atoms with van der Waals surface area (Å²) in [5.41, 5.74) is 6.59. The van der Waals surface area contributed by atoms with Crippen molar-refractivity contribution in [1.82, 2.24) is 0 Å². The summed E-state index contributed by atoms with van der Waals surface area (Å²) >= 11 is 0. The molecule has 1 heterocycles. The van der Waals surface area contributed by atoms with Gasteiger partial charge in [0.1, 0.15) is 0 Å². The quantitative estimate of drug-likeness (QED) is 0.321. The van der Waals surface area contributed by atoms with Crippen molar-refractivity contribution in [3.8, 4) is 0 Å². The number of anilines is 2. The van der Waals surface area contributed by atoms with E-state index in [2.05, 4.69) is 136 Å². The van der Waals surface area contributed by atoms with Gasteiger partial charge in [0.15, 0.2) is 0 Å². The van der Waals surface area contributed by atoms with Crippen molar-refractivity contribution in [2.45, 2.75) is 44.9 Å². The van der Waals surface area contributed by atoms with Crippen molar-refractivity contribution in [3.05, 3.63) is 108 Å². The largest absolute Gasteiger partial charge is 0.388 e. The van der Waals surface area contributed by atoms with Gasteiger partial charge in [0.2, 0.25) is 0 Å². The summed E-state index contributed by atoms with van der Waals surface area (Å²) in [6, 6.07) is 26.4. The highest BCUT2D eigenvalue weighted by Gasteiger charge is 2.39. The molecule has 4 aromatic carbocycles. The second kappa shape index (κ2) is 8.61. The molecular formula is C33H36N2. The van der Waals surface area contributed by atoms with E-state index in [4.69, 9.17) is 0 Å².